The smallest absolute Gasteiger partial charge is 0.338 e. The van der Waals surface area contributed by atoms with Gasteiger partial charge < -0.3 is 20.3 Å². The highest BCUT2D eigenvalue weighted by Crippen LogP contribution is 2.29. The van der Waals surface area contributed by atoms with Crippen LogP contribution in [0.2, 0.25) is 0 Å². The Balaban J connectivity index is 1.56. The Morgan fingerprint density at radius 2 is 1.88 bits per heavy atom. The van der Waals surface area contributed by atoms with Crippen molar-refractivity contribution >= 4 is 17.7 Å². The summed E-state index contributed by atoms with van der Waals surface area (Å²) in [6, 6.07) is 11.2. The Labute approximate surface area is 199 Å². The van der Waals surface area contributed by atoms with Crippen molar-refractivity contribution in [2.75, 3.05) is 44.2 Å². The molecule has 2 aliphatic heterocycles. The Kier molecular flexibility index (Phi) is 7.17. The number of rotatable bonds is 6. The summed E-state index contributed by atoms with van der Waals surface area (Å²) in [5, 5.41) is 5.56. The standard InChI is InChI=1S/C26H31FN4O3/c1-4-34-25(32)23-21(28-26(33)29-24(23)19-6-5-7-20(27)15-19)16-30-10-12-31(13-11-30)22-14-17(2)8-9-18(22)3/h5-9,14-15,24H,4,10-13,16H2,1-3H3,(H2,28,29,33)/t24-/m0/s1. The molecule has 4 rings (SSSR count). The van der Waals surface area contributed by atoms with E-state index in [0.29, 0.717) is 23.4 Å². The Morgan fingerprint density at radius 1 is 1.12 bits per heavy atom. The number of nitrogens with one attached hydrogen (secondary N) is 2. The first kappa shape index (κ1) is 23.8. The van der Waals surface area contributed by atoms with Gasteiger partial charge in [0.1, 0.15) is 5.82 Å². The van der Waals surface area contributed by atoms with Crippen molar-refractivity contribution < 1.29 is 18.7 Å². The van der Waals surface area contributed by atoms with Gasteiger partial charge in [-0.1, -0.05) is 24.3 Å². The third kappa shape index (κ3) is 5.22. The molecule has 7 nitrogen and oxygen atoms in total. The van der Waals surface area contributed by atoms with Crippen LogP contribution in [0.25, 0.3) is 0 Å². The van der Waals surface area contributed by atoms with Gasteiger partial charge in [0.05, 0.1) is 18.2 Å². The largest absolute Gasteiger partial charge is 0.463 e. The summed E-state index contributed by atoms with van der Waals surface area (Å²) in [5.41, 5.74) is 5.02. The highest BCUT2D eigenvalue weighted by molar-refractivity contribution is 5.95. The first-order valence-electron chi connectivity index (χ1n) is 11.6. The Bertz CT molecular complexity index is 1110. The lowest BCUT2D eigenvalue weighted by molar-refractivity contribution is -0.139. The highest BCUT2D eigenvalue weighted by atomic mass is 19.1. The summed E-state index contributed by atoms with van der Waals surface area (Å²) in [7, 11) is 0. The fraction of sp³-hybridized carbons (Fsp3) is 0.385. The van der Waals surface area contributed by atoms with Crippen LogP contribution in [0, 0.1) is 19.7 Å². The van der Waals surface area contributed by atoms with Crippen molar-refractivity contribution in [1.29, 1.82) is 0 Å². The van der Waals surface area contributed by atoms with E-state index >= 15 is 0 Å². The van der Waals surface area contributed by atoms with Gasteiger partial charge in [0, 0.05) is 44.1 Å². The highest BCUT2D eigenvalue weighted by Gasteiger charge is 2.35. The zero-order valence-electron chi connectivity index (χ0n) is 19.9. The van der Waals surface area contributed by atoms with Gasteiger partial charge in [0.2, 0.25) is 0 Å². The van der Waals surface area contributed by atoms with E-state index in [1.54, 1.807) is 19.1 Å². The van der Waals surface area contributed by atoms with E-state index in [9.17, 15) is 14.0 Å². The second-order valence-corrected chi connectivity index (χ2v) is 8.75. The van der Waals surface area contributed by atoms with E-state index in [2.05, 4.69) is 52.5 Å². The fourth-order valence-electron chi connectivity index (χ4n) is 4.56. The van der Waals surface area contributed by atoms with Gasteiger partial charge in [0.25, 0.3) is 0 Å². The van der Waals surface area contributed by atoms with Crippen LogP contribution in [-0.4, -0.2) is 56.2 Å². The molecule has 1 saturated heterocycles. The van der Waals surface area contributed by atoms with E-state index in [1.807, 2.05) is 0 Å². The number of hydrogen-bond donors (Lipinski definition) is 2. The van der Waals surface area contributed by atoms with Crippen molar-refractivity contribution in [2.45, 2.75) is 26.8 Å². The van der Waals surface area contributed by atoms with Crippen molar-refractivity contribution in [3.8, 4) is 0 Å². The lowest BCUT2D eigenvalue weighted by Gasteiger charge is -2.38. The predicted molar refractivity (Wildman–Crippen MR) is 129 cm³/mol. The Morgan fingerprint density at radius 3 is 2.59 bits per heavy atom. The van der Waals surface area contributed by atoms with Crippen molar-refractivity contribution in [1.82, 2.24) is 15.5 Å². The van der Waals surface area contributed by atoms with Crippen LogP contribution in [0.3, 0.4) is 0 Å². The number of benzene rings is 2. The maximum atomic E-state index is 13.9. The van der Waals surface area contributed by atoms with Gasteiger partial charge in [-0.3, -0.25) is 4.90 Å². The first-order valence-corrected chi connectivity index (χ1v) is 11.6. The van der Waals surface area contributed by atoms with Crippen molar-refractivity contribution in [2.24, 2.45) is 0 Å². The van der Waals surface area contributed by atoms with Gasteiger partial charge in [-0.2, -0.15) is 0 Å². The number of carbonyl (C=O) groups is 2. The van der Waals surface area contributed by atoms with Gasteiger partial charge in [-0.15, -0.1) is 0 Å². The minimum atomic E-state index is -0.783. The number of anilines is 1. The second-order valence-electron chi connectivity index (χ2n) is 8.75. The molecule has 2 N–H and O–H groups in total. The van der Waals surface area contributed by atoms with Crippen LogP contribution in [0.4, 0.5) is 14.9 Å². The number of nitrogens with zero attached hydrogens (tertiary/aromatic N) is 2. The maximum Gasteiger partial charge on any atom is 0.338 e. The van der Waals surface area contributed by atoms with E-state index < -0.39 is 23.9 Å². The number of hydrogen-bond acceptors (Lipinski definition) is 5. The van der Waals surface area contributed by atoms with Crippen LogP contribution in [0.1, 0.15) is 29.7 Å². The van der Waals surface area contributed by atoms with Gasteiger partial charge in [-0.25, -0.2) is 14.0 Å². The number of aryl methyl sites for hydroxylation is 2. The van der Waals surface area contributed by atoms with E-state index in [4.69, 9.17) is 4.74 Å². The molecule has 0 aliphatic carbocycles. The van der Waals surface area contributed by atoms with Crippen LogP contribution in [0.5, 0.6) is 0 Å². The molecule has 2 aromatic rings. The summed E-state index contributed by atoms with van der Waals surface area (Å²) in [4.78, 5) is 30.0. The summed E-state index contributed by atoms with van der Waals surface area (Å²) in [6.45, 7) is 9.78. The molecule has 2 aromatic carbocycles. The lowest BCUT2D eigenvalue weighted by Crippen LogP contribution is -2.52. The molecule has 0 unspecified atom stereocenters. The number of urea groups is 1. The second kappa shape index (κ2) is 10.3. The number of ether oxygens (including phenoxy) is 1. The molecule has 0 bridgehead atoms. The molecule has 2 aliphatic rings. The molecule has 0 spiro atoms. The molecule has 1 fully saturated rings. The third-order valence-electron chi connectivity index (χ3n) is 6.29. The van der Waals surface area contributed by atoms with Gasteiger partial charge >= 0.3 is 12.0 Å². The summed E-state index contributed by atoms with van der Waals surface area (Å²) >= 11 is 0. The summed E-state index contributed by atoms with van der Waals surface area (Å²) in [6.07, 6.45) is 0. The molecule has 1 atom stereocenters. The minimum absolute atomic E-state index is 0.202. The van der Waals surface area contributed by atoms with E-state index in [-0.39, 0.29) is 6.61 Å². The number of amides is 2. The molecule has 2 heterocycles. The molecule has 0 radical (unpaired) electrons. The normalized spacial score (nSPS) is 19.0. The molecule has 0 saturated carbocycles. The monoisotopic (exact) mass is 466 g/mol. The zero-order valence-corrected chi connectivity index (χ0v) is 19.9. The summed E-state index contributed by atoms with van der Waals surface area (Å²) < 4.78 is 19.2. The number of esters is 1. The number of piperazine rings is 1. The van der Waals surface area contributed by atoms with E-state index in [1.165, 1.54) is 28.9 Å². The Hall–Kier alpha value is -3.39. The maximum absolute atomic E-state index is 13.9. The quantitative estimate of drug-likeness (QED) is 0.638. The van der Waals surface area contributed by atoms with E-state index in [0.717, 1.165) is 26.2 Å². The predicted octanol–water partition coefficient (Wildman–Crippen LogP) is 3.44. The third-order valence-corrected chi connectivity index (χ3v) is 6.29. The molecule has 2 amide bonds. The molecule has 8 heteroatoms. The summed E-state index contributed by atoms with van der Waals surface area (Å²) in [5.74, 6) is -0.953. The average molecular weight is 467 g/mol. The van der Waals surface area contributed by atoms with Crippen molar-refractivity contribution in [3.63, 3.8) is 0 Å². The lowest BCUT2D eigenvalue weighted by atomic mass is 9.94. The van der Waals surface area contributed by atoms with Gasteiger partial charge in [0.15, 0.2) is 0 Å². The minimum Gasteiger partial charge on any atom is -0.463 e. The molecular formula is C26H31FN4O3. The van der Waals surface area contributed by atoms with Crippen LogP contribution in [-0.2, 0) is 9.53 Å². The topological polar surface area (TPSA) is 73.9 Å². The SMILES string of the molecule is CCOC(=O)C1=C(CN2CCN(c3cc(C)ccc3C)CC2)NC(=O)N[C@H]1c1cccc(F)c1. The van der Waals surface area contributed by atoms with Gasteiger partial charge in [-0.05, 0) is 55.7 Å². The van der Waals surface area contributed by atoms with Crippen molar-refractivity contribution in [3.05, 3.63) is 76.2 Å². The molecular weight excluding hydrogens is 435 g/mol. The van der Waals surface area contributed by atoms with Crippen LogP contribution in [0.15, 0.2) is 53.7 Å². The number of carbonyl (C=O) groups excluding carboxylic acids is 2. The first-order chi connectivity index (χ1) is 16.4. The van der Waals surface area contributed by atoms with Crippen LogP contribution >= 0.6 is 0 Å². The number of halogens is 1. The van der Waals surface area contributed by atoms with Crippen LogP contribution < -0.4 is 15.5 Å². The average Bonchev–Trinajstić information content (AvgIpc) is 2.81. The molecule has 180 valence electrons. The molecule has 34 heavy (non-hydrogen) atoms. The zero-order chi connectivity index (χ0) is 24.2. The fourth-order valence-corrected chi connectivity index (χ4v) is 4.56. The molecule has 0 aromatic heterocycles.